The second-order valence-electron chi connectivity index (χ2n) is 4.17. The Hall–Kier alpha value is -2.36. The Morgan fingerprint density at radius 2 is 2.06 bits per heavy atom. The van der Waals surface area contributed by atoms with Crippen molar-refractivity contribution in [2.75, 3.05) is 5.73 Å². The molecule has 1 aromatic carbocycles. The van der Waals surface area contributed by atoms with Crippen LogP contribution in [0.2, 0.25) is 0 Å². The van der Waals surface area contributed by atoms with Gasteiger partial charge in [0.2, 0.25) is 0 Å². The Labute approximate surface area is 105 Å². The molecule has 0 radical (unpaired) electrons. The number of benzene rings is 1. The highest BCUT2D eigenvalue weighted by Gasteiger charge is 2.07. The summed E-state index contributed by atoms with van der Waals surface area (Å²) < 4.78 is 2.10. The number of hydrogen-bond acceptors (Lipinski definition) is 3. The van der Waals surface area contributed by atoms with Gasteiger partial charge in [-0.05, 0) is 24.3 Å². The van der Waals surface area contributed by atoms with Gasteiger partial charge < -0.3 is 10.3 Å². The van der Waals surface area contributed by atoms with Crippen LogP contribution in [0.4, 0.5) is 5.69 Å². The number of hydrogen-bond donors (Lipinski definition) is 1. The minimum Gasteiger partial charge on any atom is -0.399 e. The minimum atomic E-state index is 0.730. The van der Waals surface area contributed by atoms with Crippen molar-refractivity contribution in [3.8, 4) is 5.69 Å². The molecule has 4 nitrogen and oxygen atoms in total. The Balaban J connectivity index is 2.29. The Morgan fingerprint density at radius 3 is 2.89 bits per heavy atom. The molecular formula is C14H14N4. The fraction of sp³-hybridized carbons (Fsp3) is 0.143. The maximum atomic E-state index is 5.79. The molecule has 2 N–H and O–H groups in total. The third kappa shape index (κ3) is 1.62. The molecule has 0 amide bonds. The van der Waals surface area contributed by atoms with Crippen LogP contribution in [0.5, 0.6) is 0 Å². The maximum absolute atomic E-state index is 5.79. The largest absolute Gasteiger partial charge is 0.399 e. The van der Waals surface area contributed by atoms with Crippen LogP contribution in [0.15, 0.2) is 42.9 Å². The Kier molecular flexibility index (Phi) is 2.48. The van der Waals surface area contributed by atoms with E-state index in [2.05, 4.69) is 21.5 Å². The quantitative estimate of drug-likeness (QED) is 0.698. The van der Waals surface area contributed by atoms with Crippen molar-refractivity contribution >= 4 is 16.6 Å². The van der Waals surface area contributed by atoms with Crippen LogP contribution < -0.4 is 5.73 Å². The van der Waals surface area contributed by atoms with Crippen molar-refractivity contribution in [1.29, 1.82) is 0 Å². The number of nitrogens with zero attached hydrogens (tertiary/aromatic N) is 3. The Morgan fingerprint density at radius 1 is 1.17 bits per heavy atom. The normalized spacial score (nSPS) is 10.9. The summed E-state index contributed by atoms with van der Waals surface area (Å²) in [4.78, 5) is 8.71. The minimum absolute atomic E-state index is 0.730. The molecule has 0 saturated carbocycles. The first-order valence-corrected chi connectivity index (χ1v) is 5.96. The molecule has 0 fully saturated rings. The lowest BCUT2D eigenvalue weighted by molar-refractivity contribution is 0.895. The van der Waals surface area contributed by atoms with Gasteiger partial charge in [0, 0.05) is 36.1 Å². The van der Waals surface area contributed by atoms with Gasteiger partial charge in [-0.2, -0.15) is 0 Å². The standard InChI is InChI=1S/C14H14N4/c1-2-14-17-7-8-18(14)13-5-6-16-12-9-10(15)3-4-11(12)13/h3-9H,2,15H2,1H3. The molecule has 0 aliphatic rings. The van der Waals surface area contributed by atoms with Crippen LogP contribution in [-0.2, 0) is 6.42 Å². The molecule has 0 aliphatic carbocycles. The molecule has 0 saturated heterocycles. The van der Waals surface area contributed by atoms with Gasteiger partial charge in [-0.25, -0.2) is 4.98 Å². The molecule has 4 heteroatoms. The van der Waals surface area contributed by atoms with Gasteiger partial charge in [-0.15, -0.1) is 0 Å². The van der Waals surface area contributed by atoms with E-state index in [-0.39, 0.29) is 0 Å². The van der Waals surface area contributed by atoms with E-state index in [1.165, 1.54) is 0 Å². The van der Waals surface area contributed by atoms with Crippen molar-refractivity contribution in [3.05, 3.63) is 48.7 Å². The molecule has 3 aromatic rings. The number of fused-ring (bicyclic) bond motifs is 1. The van der Waals surface area contributed by atoms with Crippen LogP contribution in [0.25, 0.3) is 16.6 Å². The molecule has 2 aromatic heterocycles. The van der Waals surface area contributed by atoms with Crippen molar-refractivity contribution in [2.24, 2.45) is 0 Å². The van der Waals surface area contributed by atoms with Gasteiger partial charge in [-0.3, -0.25) is 4.98 Å². The molecule has 18 heavy (non-hydrogen) atoms. The molecule has 0 bridgehead atoms. The summed E-state index contributed by atoms with van der Waals surface area (Å²) >= 11 is 0. The molecule has 90 valence electrons. The molecule has 3 rings (SSSR count). The third-order valence-corrected chi connectivity index (χ3v) is 3.04. The second kappa shape index (κ2) is 4.14. The lowest BCUT2D eigenvalue weighted by atomic mass is 10.1. The fourth-order valence-electron chi connectivity index (χ4n) is 2.18. The van der Waals surface area contributed by atoms with E-state index in [9.17, 15) is 0 Å². The van der Waals surface area contributed by atoms with Gasteiger partial charge >= 0.3 is 0 Å². The van der Waals surface area contributed by atoms with Crippen molar-refractivity contribution in [2.45, 2.75) is 13.3 Å². The van der Waals surface area contributed by atoms with E-state index in [1.807, 2.05) is 36.7 Å². The zero-order valence-electron chi connectivity index (χ0n) is 10.2. The first-order chi connectivity index (χ1) is 8.79. The maximum Gasteiger partial charge on any atom is 0.112 e. The molecule has 2 heterocycles. The molecule has 0 atom stereocenters. The summed E-state index contributed by atoms with van der Waals surface area (Å²) in [5.41, 5.74) is 8.52. The van der Waals surface area contributed by atoms with Crippen LogP contribution in [0.1, 0.15) is 12.7 Å². The molecule has 0 aliphatic heterocycles. The number of aryl methyl sites for hydroxylation is 1. The highest BCUT2D eigenvalue weighted by molar-refractivity contribution is 5.89. The summed E-state index contributed by atoms with van der Waals surface area (Å²) in [7, 11) is 0. The highest BCUT2D eigenvalue weighted by atomic mass is 15.1. The van der Waals surface area contributed by atoms with Crippen molar-refractivity contribution in [1.82, 2.24) is 14.5 Å². The number of aromatic nitrogens is 3. The van der Waals surface area contributed by atoms with Crippen LogP contribution in [-0.4, -0.2) is 14.5 Å². The predicted octanol–water partition coefficient (Wildman–Crippen LogP) is 2.57. The van der Waals surface area contributed by atoms with E-state index in [0.29, 0.717) is 0 Å². The monoisotopic (exact) mass is 238 g/mol. The summed E-state index contributed by atoms with van der Waals surface area (Å²) in [6.07, 6.45) is 6.49. The Bertz CT molecular complexity index is 700. The first-order valence-electron chi connectivity index (χ1n) is 5.96. The smallest absolute Gasteiger partial charge is 0.112 e. The topological polar surface area (TPSA) is 56.7 Å². The first kappa shape index (κ1) is 10.8. The van der Waals surface area contributed by atoms with Gasteiger partial charge in [-0.1, -0.05) is 6.92 Å². The SMILES string of the molecule is CCc1nccn1-c1ccnc2cc(N)ccc12. The van der Waals surface area contributed by atoms with Crippen molar-refractivity contribution < 1.29 is 0 Å². The predicted molar refractivity (Wildman–Crippen MR) is 72.7 cm³/mol. The highest BCUT2D eigenvalue weighted by Crippen LogP contribution is 2.23. The van der Waals surface area contributed by atoms with E-state index >= 15 is 0 Å². The molecular weight excluding hydrogens is 224 g/mol. The van der Waals surface area contributed by atoms with Crippen LogP contribution in [0.3, 0.4) is 0 Å². The number of pyridine rings is 1. The van der Waals surface area contributed by atoms with Gasteiger partial charge in [0.25, 0.3) is 0 Å². The zero-order chi connectivity index (χ0) is 12.5. The number of rotatable bonds is 2. The lowest BCUT2D eigenvalue weighted by Crippen LogP contribution is -2.00. The van der Waals surface area contributed by atoms with Crippen LogP contribution in [0, 0.1) is 0 Å². The van der Waals surface area contributed by atoms with Gasteiger partial charge in [0.15, 0.2) is 0 Å². The van der Waals surface area contributed by atoms with E-state index < -0.39 is 0 Å². The van der Waals surface area contributed by atoms with E-state index in [0.717, 1.165) is 34.5 Å². The van der Waals surface area contributed by atoms with Gasteiger partial charge in [0.05, 0.1) is 11.2 Å². The lowest BCUT2D eigenvalue weighted by Gasteiger charge is -2.10. The summed E-state index contributed by atoms with van der Waals surface area (Å²) in [5.74, 6) is 1.04. The van der Waals surface area contributed by atoms with Crippen molar-refractivity contribution in [3.63, 3.8) is 0 Å². The third-order valence-electron chi connectivity index (χ3n) is 3.04. The molecule has 0 unspecified atom stereocenters. The van der Waals surface area contributed by atoms with E-state index in [4.69, 9.17) is 5.73 Å². The van der Waals surface area contributed by atoms with E-state index in [1.54, 1.807) is 6.20 Å². The average Bonchev–Trinajstić information content (AvgIpc) is 2.85. The van der Waals surface area contributed by atoms with Gasteiger partial charge in [0.1, 0.15) is 5.82 Å². The zero-order valence-corrected chi connectivity index (χ0v) is 10.2. The summed E-state index contributed by atoms with van der Waals surface area (Å²) in [6.45, 7) is 2.10. The number of imidazole rings is 1. The number of anilines is 1. The van der Waals surface area contributed by atoms with Crippen LogP contribution >= 0.6 is 0 Å². The number of nitrogens with two attached hydrogens (primary N) is 1. The average molecular weight is 238 g/mol. The number of nitrogen functional groups attached to an aromatic ring is 1. The second-order valence-corrected chi connectivity index (χ2v) is 4.17. The molecule has 0 spiro atoms. The fourth-order valence-corrected chi connectivity index (χ4v) is 2.18. The summed E-state index contributed by atoms with van der Waals surface area (Å²) in [5, 5.41) is 1.08. The summed E-state index contributed by atoms with van der Waals surface area (Å²) in [6, 6.07) is 7.79.